The molecule has 7 nitrogen and oxygen atoms in total. The number of halogens is 1. The number of hydrogen-bond donors (Lipinski definition) is 2. The summed E-state index contributed by atoms with van der Waals surface area (Å²) in [6.45, 7) is 4.22. The molecule has 0 bridgehead atoms. The molecular formula is C12H17BrN4O3. The first-order valence-corrected chi connectivity index (χ1v) is 7.06. The summed E-state index contributed by atoms with van der Waals surface area (Å²) in [6.07, 6.45) is 3.75. The first-order valence-electron chi connectivity index (χ1n) is 6.26. The van der Waals surface area contributed by atoms with Gasteiger partial charge in [0.05, 0.1) is 9.40 Å². The van der Waals surface area contributed by atoms with Crippen LogP contribution < -0.4 is 10.6 Å². The maximum atomic E-state index is 11.6. The van der Waals surface area contributed by atoms with Crippen molar-refractivity contribution >= 4 is 33.2 Å². The summed E-state index contributed by atoms with van der Waals surface area (Å²) in [5, 5.41) is 16.6. The number of aromatic nitrogens is 1. The summed E-state index contributed by atoms with van der Waals surface area (Å²) in [4.78, 5) is 25.7. The highest BCUT2D eigenvalue weighted by molar-refractivity contribution is 9.10. The zero-order valence-corrected chi connectivity index (χ0v) is 12.9. The fourth-order valence-corrected chi connectivity index (χ4v) is 1.95. The van der Waals surface area contributed by atoms with E-state index in [4.69, 9.17) is 0 Å². The number of nitrogens with one attached hydrogen (secondary N) is 2. The number of pyridine rings is 1. The van der Waals surface area contributed by atoms with Crippen LogP contribution in [0, 0.1) is 10.1 Å². The zero-order valence-electron chi connectivity index (χ0n) is 11.4. The highest BCUT2D eigenvalue weighted by Crippen LogP contribution is 2.30. The van der Waals surface area contributed by atoms with Gasteiger partial charge in [0.25, 0.3) is 0 Å². The third-order valence-corrected chi connectivity index (χ3v) is 3.35. The molecule has 0 spiro atoms. The Morgan fingerprint density at radius 1 is 1.55 bits per heavy atom. The molecular weight excluding hydrogens is 328 g/mol. The summed E-state index contributed by atoms with van der Waals surface area (Å²) in [5.74, 6) is -0.0836. The van der Waals surface area contributed by atoms with E-state index in [0.717, 1.165) is 6.42 Å². The SMILES string of the molecule is CCC(C)NC(=O)CCNc1c(Br)cncc1[N+](=O)[O-]. The van der Waals surface area contributed by atoms with E-state index in [1.54, 1.807) is 0 Å². The van der Waals surface area contributed by atoms with Crippen LogP contribution in [0.15, 0.2) is 16.9 Å². The largest absolute Gasteiger partial charge is 0.378 e. The van der Waals surface area contributed by atoms with Crippen LogP contribution in [0.25, 0.3) is 0 Å². The Labute approximate surface area is 125 Å². The van der Waals surface area contributed by atoms with Crippen molar-refractivity contribution in [1.82, 2.24) is 10.3 Å². The second-order valence-electron chi connectivity index (χ2n) is 4.33. The fourth-order valence-electron chi connectivity index (χ4n) is 1.49. The number of nitro groups is 1. The number of amides is 1. The van der Waals surface area contributed by atoms with Gasteiger partial charge in [-0.15, -0.1) is 0 Å². The lowest BCUT2D eigenvalue weighted by molar-refractivity contribution is -0.384. The molecule has 0 saturated carbocycles. The molecule has 1 unspecified atom stereocenters. The van der Waals surface area contributed by atoms with Crippen LogP contribution >= 0.6 is 15.9 Å². The van der Waals surface area contributed by atoms with Crippen LogP contribution in [-0.4, -0.2) is 28.4 Å². The number of nitrogens with zero attached hydrogens (tertiary/aromatic N) is 2. The van der Waals surface area contributed by atoms with E-state index in [9.17, 15) is 14.9 Å². The average Bonchev–Trinajstić information content (AvgIpc) is 2.40. The molecule has 20 heavy (non-hydrogen) atoms. The summed E-state index contributed by atoms with van der Waals surface area (Å²) >= 11 is 3.20. The number of carbonyl (C=O) groups excluding carboxylic acids is 1. The summed E-state index contributed by atoms with van der Waals surface area (Å²) in [6, 6.07) is 0.129. The lowest BCUT2D eigenvalue weighted by Gasteiger charge is -2.12. The molecule has 1 aromatic heterocycles. The highest BCUT2D eigenvalue weighted by Gasteiger charge is 2.17. The number of carbonyl (C=O) groups is 1. The van der Waals surface area contributed by atoms with Crippen LogP contribution in [0.1, 0.15) is 26.7 Å². The van der Waals surface area contributed by atoms with Crippen LogP contribution in [0.2, 0.25) is 0 Å². The Balaban J connectivity index is 2.58. The monoisotopic (exact) mass is 344 g/mol. The van der Waals surface area contributed by atoms with E-state index in [-0.39, 0.29) is 24.1 Å². The van der Waals surface area contributed by atoms with E-state index >= 15 is 0 Å². The van der Waals surface area contributed by atoms with Crippen molar-refractivity contribution in [3.05, 3.63) is 27.0 Å². The molecule has 8 heteroatoms. The molecule has 1 rings (SSSR count). The van der Waals surface area contributed by atoms with Crippen molar-refractivity contribution in [3.63, 3.8) is 0 Å². The Morgan fingerprint density at radius 2 is 2.25 bits per heavy atom. The minimum atomic E-state index is -0.515. The first kappa shape index (κ1) is 16.4. The number of hydrogen-bond acceptors (Lipinski definition) is 5. The quantitative estimate of drug-likeness (QED) is 0.584. The van der Waals surface area contributed by atoms with E-state index in [1.165, 1.54) is 12.4 Å². The van der Waals surface area contributed by atoms with Crippen LogP contribution in [0.5, 0.6) is 0 Å². The van der Waals surface area contributed by atoms with Crippen LogP contribution in [-0.2, 0) is 4.79 Å². The van der Waals surface area contributed by atoms with E-state index in [2.05, 4.69) is 31.5 Å². The fraction of sp³-hybridized carbons (Fsp3) is 0.500. The standard InChI is InChI=1S/C12H17BrN4O3/c1-3-8(2)16-11(18)4-5-15-12-9(13)6-14-7-10(12)17(19)20/h6-8H,3-5H2,1-2H3,(H,14,15)(H,16,18). The van der Waals surface area contributed by atoms with Gasteiger partial charge in [-0.1, -0.05) is 6.92 Å². The van der Waals surface area contributed by atoms with Crippen molar-refractivity contribution in [2.45, 2.75) is 32.7 Å². The van der Waals surface area contributed by atoms with E-state index in [0.29, 0.717) is 16.7 Å². The Kier molecular flexibility index (Phi) is 6.37. The normalized spacial score (nSPS) is 11.8. The molecule has 0 aliphatic heterocycles. The van der Waals surface area contributed by atoms with Gasteiger partial charge in [0, 0.05) is 25.2 Å². The van der Waals surface area contributed by atoms with Crippen LogP contribution in [0.3, 0.4) is 0 Å². The molecule has 2 N–H and O–H groups in total. The highest BCUT2D eigenvalue weighted by atomic mass is 79.9. The topological polar surface area (TPSA) is 97.2 Å². The maximum Gasteiger partial charge on any atom is 0.311 e. The predicted octanol–water partition coefficient (Wildman–Crippen LogP) is 2.47. The Hall–Kier alpha value is -1.70. The van der Waals surface area contributed by atoms with E-state index in [1.807, 2.05) is 13.8 Å². The minimum Gasteiger partial charge on any atom is -0.378 e. The zero-order chi connectivity index (χ0) is 15.1. The van der Waals surface area contributed by atoms with Crippen molar-refractivity contribution in [1.29, 1.82) is 0 Å². The molecule has 0 saturated heterocycles. The predicted molar refractivity (Wildman–Crippen MR) is 79.6 cm³/mol. The van der Waals surface area contributed by atoms with Crippen molar-refractivity contribution in [2.75, 3.05) is 11.9 Å². The summed E-state index contributed by atoms with van der Waals surface area (Å²) in [5.41, 5.74) is 0.211. The molecule has 110 valence electrons. The van der Waals surface area contributed by atoms with Gasteiger partial charge in [-0.3, -0.25) is 19.9 Å². The second-order valence-corrected chi connectivity index (χ2v) is 5.18. The molecule has 0 aliphatic rings. The van der Waals surface area contributed by atoms with Crippen molar-refractivity contribution in [3.8, 4) is 0 Å². The van der Waals surface area contributed by atoms with Gasteiger partial charge in [0.1, 0.15) is 11.9 Å². The first-order chi connectivity index (χ1) is 9.45. The maximum absolute atomic E-state index is 11.6. The van der Waals surface area contributed by atoms with Gasteiger partial charge in [0.2, 0.25) is 5.91 Å². The molecule has 0 radical (unpaired) electrons. The van der Waals surface area contributed by atoms with Gasteiger partial charge in [-0.25, -0.2) is 0 Å². The van der Waals surface area contributed by atoms with E-state index < -0.39 is 4.92 Å². The molecule has 1 heterocycles. The minimum absolute atomic E-state index is 0.0836. The Morgan fingerprint density at radius 3 is 2.85 bits per heavy atom. The van der Waals surface area contributed by atoms with Crippen molar-refractivity contribution < 1.29 is 9.72 Å². The number of rotatable bonds is 7. The average molecular weight is 345 g/mol. The molecule has 0 aliphatic carbocycles. The van der Waals surface area contributed by atoms with Gasteiger partial charge in [-0.05, 0) is 29.3 Å². The van der Waals surface area contributed by atoms with Crippen molar-refractivity contribution in [2.24, 2.45) is 0 Å². The third kappa shape index (κ3) is 4.76. The van der Waals surface area contributed by atoms with Gasteiger partial charge < -0.3 is 10.6 Å². The molecule has 1 aromatic rings. The summed E-state index contributed by atoms with van der Waals surface area (Å²) in [7, 11) is 0. The van der Waals surface area contributed by atoms with Gasteiger partial charge in [-0.2, -0.15) is 0 Å². The summed E-state index contributed by atoms with van der Waals surface area (Å²) < 4.78 is 0.494. The molecule has 0 fully saturated rings. The van der Waals surface area contributed by atoms with Crippen LogP contribution in [0.4, 0.5) is 11.4 Å². The molecule has 1 atom stereocenters. The lowest BCUT2D eigenvalue weighted by atomic mass is 10.2. The van der Waals surface area contributed by atoms with Gasteiger partial charge >= 0.3 is 5.69 Å². The molecule has 1 amide bonds. The van der Waals surface area contributed by atoms with Gasteiger partial charge in [0.15, 0.2) is 0 Å². The number of anilines is 1. The molecule has 0 aromatic carbocycles. The third-order valence-electron chi connectivity index (χ3n) is 2.75. The smallest absolute Gasteiger partial charge is 0.311 e. The Bertz CT molecular complexity index is 496. The lowest BCUT2D eigenvalue weighted by Crippen LogP contribution is -2.33. The second kappa shape index (κ2) is 7.78.